The average molecular weight is 210 g/mol. The lowest BCUT2D eigenvalue weighted by molar-refractivity contribution is -0.117. The topological polar surface area (TPSA) is 29.1 Å². The van der Waals surface area contributed by atoms with Gasteiger partial charge in [0.25, 0.3) is 0 Å². The van der Waals surface area contributed by atoms with Crippen molar-refractivity contribution in [2.75, 3.05) is 0 Å². The molecule has 0 atom stereocenters. The van der Waals surface area contributed by atoms with Crippen LogP contribution in [-0.4, -0.2) is 5.91 Å². The normalized spacial score (nSPS) is 11.9. The Labute approximate surface area is 88.6 Å². The molecule has 0 radical (unpaired) electrons. The maximum atomic E-state index is 10.9. The Hall–Kier alpha value is -1.28. The van der Waals surface area contributed by atoms with Crippen LogP contribution in [0.1, 0.15) is 19.4 Å². The van der Waals surface area contributed by atoms with E-state index < -0.39 is 0 Å². The Morgan fingerprint density at radius 1 is 1.21 bits per heavy atom. The van der Waals surface area contributed by atoms with Crippen LogP contribution in [0.4, 0.5) is 0 Å². The summed E-state index contributed by atoms with van der Waals surface area (Å²) in [5.74, 6) is -0.121. The van der Waals surface area contributed by atoms with Gasteiger partial charge in [-0.15, -0.1) is 0 Å². The molecule has 0 aliphatic carbocycles. The largest absolute Gasteiger partial charge is 0.325 e. The smallest absolute Gasteiger partial charge is 0.221 e. The van der Waals surface area contributed by atoms with Crippen molar-refractivity contribution in [3.05, 3.63) is 40.9 Å². The van der Waals surface area contributed by atoms with Crippen LogP contribution in [0, 0.1) is 0 Å². The minimum Gasteiger partial charge on any atom is -0.325 e. The number of benzene rings is 1. The van der Waals surface area contributed by atoms with Gasteiger partial charge in [0.05, 0.1) is 5.70 Å². The highest BCUT2D eigenvalue weighted by Gasteiger charge is 2.05. The van der Waals surface area contributed by atoms with Crippen LogP contribution in [0.15, 0.2) is 35.4 Å². The van der Waals surface area contributed by atoms with Crippen LogP contribution < -0.4 is 5.32 Å². The Kier molecular flexibility index (Phi) is 3.72. The van der Waals surface area contributed by atoms with Gasteiger partial charge in [0.1, 0.15) is 0 Å². The van der Waals surface area contributed by atoms with E-state index in [1.807, 2.05) is 30.3 Å². The van der Waals surface area contributed by atoms with Crippen molar-refractivity contribution >= 4 is 23.2 Å². The third kappa shape index (κ3) is 2.89. The molecule has 1 N–H and O–H groups in total. The number of rotatable bonds is 2. The lowest BCUT2D eigenvalue weighted by Gasteiger charge is -2.09. The van der Waals surface area contributed by atoms with Gasteiger partial charge in [0, 0.05) is 12.0 Å². The molecule has 0 fully saturated rings. The number of hydrogen-bond acceptors (Lipinski definition) is 1. The molecule has 0 heterocycles. The fourth-order valence-electron chi connectivity index (χ4n) is 1.14. The molecule has 1 amide bonds. The summed E-state index contributed by atoms with van der Waals surface area (Å²) in [5.41, 5.74) is 1.58. The number of hydrogen-bond donors (Lipinski definition) is 1. The molecule has 0 bridgehead atoms. The summed E-state index contributed by atoms with van der Waals surface area (Å²) in [7, 11) is 0. The van der Waals surface area contributed by atoms with E-state index in [1.165, 1.54) is 6.92 Å². The first-order valence-corrected chi connectivity index (χ1v) is 4.68. The van der Waals surface area contributed by atoms with Gasteiger partial charge in [0.2, 0.25) is 5.91 Å². The summed E-state index contributed by atoms with van der Waals surface area (Å²) < 4.78 is 0. The molecule has 1 aromatic rings. The van der Waals surface area contributed by atoms with Gasteiger partial charge < -0.3 is 5.32 Å². The number of amides is 1. The van der Waals surface area contributed by atoms with Crippen molar-refractivity contribution in [2.45, 2.75) is 13.8 Å². The van der Waals surface area contributed by atoms with Gasteiger partial charge in [-0.3, -0.25) is 4.79 Å². The van der Waals surface area contributed by atoms with E-state index in [9.17, 15) is 4.79 Å². The summed E-state index contributed by atoms with van der Waals surface area (Å²) in [4.78, 5) is 10.9. The Morgan fingerprint density at radius 2 is 1.79 bits per heavy atom. The highest BCUT2D eigenvalue weighted by atomic mass is 35.5. The SMILES string of the molecule is CC(=O)N/C(=C(\C)Cl)c1ccccc1. The fraction of sp³-hybridized carbons (Fsp3) is 0.182. The second-order valence-electron chi connectivity index (χ2n) is 2.96. The predicted molar refractivity (Wildman–Crippen MR) is 58.7 cm³/mol. The second-order valence-corrected chi connectivity index (χ2v) is 3.52. The van der Waals surface area contributed by atoms with Crippen molar-refractivity contribution in [1.82, 2.24) is 5.32 Å². The van der Waals surface area contributed by atoms with Gasteiger partial charge in [-0.2, -0.15) is 0 Å². The van der Waals surface area contributed by atoms with Gasteiger partial charge in [-0.05, 0) is 12.5 Å². The minimum atomic E-state index is -0.121. The van der Waals surface area contributed by atoms with E-state index in [4.69, 9.17) is 11.6 Å². The van der Waals surface area contributed by atoms with E-state index in [0.29, 0.717) is 10.7 Å². The molecular weight excluding hydrogens is 198 g/mol. The molecule has 0 aliphatic heterocycles. The maximum Gasteiger partial charge on any atom is 0.221 e. The minimum absolute atomic E-state index is 0.121. The lowest BCUT2D eigenvalue weighted by Crippen LogP contribution is -2.18. The van der Waals surface area contributed by atoms with Crippen LogP contribution in [0.3, 0.4) is 0 Å². The molecule has 0 spiro atoms. The Balaban J connectivity index is 3.03. The highest BCUT2D eigenvalue weighted by Crippen LogP contribution is 2.17. The second kappa shape index (κ2) is 4.82. The quantitative estimate of drug-likeness (QED) is 0.798. The molecule has 0 aromatic heterocycles. The first kappa shape index (κ1) is 10.8. The zero-order valence-corrected chi connectivity index (χ0v) is 8.93. The van der Waals surface area contributed by atoms with Gasteiger partial charge >= 0.3 is 0 Å². The summed E-state index contributed by atoms with van der Waals surface area (Å²) in [5, 5.41) is 3.28. The van der Waals surface area contributed by atoms with E-state index >= 15 is 0 Å². The average Bonchev–Trinajstić information content (AvgIpc) is 2.15. The Morgan fingerprint density at radius 3 is 2.21 bits per heavy atom. The molecule has 1 rings (SSSR count). The van der Waals surface area contributed by atoms with Crippen molar-refractivity contribution in [2.24, 2.45) is 0 Å². The first-order chi connectivity index (χ1) is 6.61. The molecule has 14 heavy (non-hydrogen) atoms. The number of allylic oxidation sites excluding steroid dienone is 1. The van der Waals surface area contributed by atoms with Crippen LogP contribution in [0.5, 0.6) is 0 Å². The van der Waals surface area contributed by atoms with Crippen molar-refractivity contribution in [3.63, 3.8) is 0 Å². The molecule has 2 nitrogen and oxygen atoms in total. The van der Waals surface area contributed by atoms with Crippen molar-refractivity contribution in [1.29, 1.82) is 0 Å². The first-order valence-electron chi connectivity index (χ1n) is 4.30. The number of nitrogens with one attached hydrogen (secondary N) is 1. The molecule has 0 aliphatic rings. The molecule has 3 heteroatoms. The summed E-state index contributed by atoms with van der Waals surface area (Å²) in [6.45, 7) is 3.21. The van der Waals surface area contributed by atoms with Gasteiger partial charge in [-0.1, -0.05) is 41.9 Å². The molecular formula is C11H12ClNO. The monoisotopic (exact) mass is 209 g/mol. The Bertz CT molecular complexity index is 353. The third-order valence-corrected chi connectivity index (χ3v) is 1.90. The standard InChI is InChI=1S/C11H12ClNO/c1-8(12)11(13-9(2)14)10-6-4-3-5-7-10/h3-7H,1-2H3,(H,13,14)/b11-8+. The fourth-order valence-corrected chi connectivity index (χ4v) is 1.29. The van der Waals surface area contributed by atoms with Crippen LogP contribution in [0.2, 0.25) is 0 Å². The maximum absolute atomic E-state index is 10.9. The zero-order chi connectivity index (χ0) is 10.6. The number of carbonyl (C=O) groups excluding carboxylic acids is 1. The van der Waals surface area contributed by atoms with E-state index in [2.05, 4.69) is 5.32 Å². The molecule has 74 valence electrons. The van der Waals surface area contributed by atoms with Crippen LogP contribution >= 0.6 is 11.6 Å². The summed E-state index contributed by atoms with van der Waals surface area (Å²) in [6, 6.07) is 9.51. The predicted octanol–water partition coefficient (Wildman–Crippen LogP) is 2.75. The molecule has 1 aromatic carbocycles. The third-order valence-electron chi connectivity index (χ3n) is 1.71. The van der Waals surface area contributed by atoms with E-state index in [-0.39, 0.29) is 5.91 Å². The molecule has 0 saturated heterocycles. The van der Waals surface area contributed by atoms with Crippen molar-refractivity contribution in [3.8, 4) is 0 Å². The lowest BCUT2D eigenvalue weighted by atomic mass is 10.1. The molecule has 0 saturated carbocycles. The highest BCUT2D eigenvalue weighted by molar-refractivity contribution is 6.32. The van der Waals surface area contributed by atoms with Crippen molar-refractivity contribution < 1.29 is 4.79 Å². The summed E-state index contributed by atoms with van der Waals surface area (Å²) in [6.07, 6.45) is 0. The summed E-state index contributed by atoms with van der Waals surface area (Å²) >= 11 is 5.89. The molecule has 0 unspecified atom stereocenters. The number of carbonyl (C=O) groups is 1. The van der Waals surface area contributed by atoms with Gasteiger partial charge in [0.15, 0.2) is 0 Å². The van der Waals surface area contributed by atoms with E-state index in [0.717, 1.165) is 5.56 Å². The number of halogens is 1. The van der Waals surface area contributed by atoms with E-state index in [1.54, 1.807) is 6.92 Å². The van der Waals surface area contributed by atoms with Crippen LogP contribution in [0.25, 0.3) is 5.70 Å². The van der Waals surface area contributed by atoms with Crippen LogP contribution in [-0.2, 0) is 4.79 Å². The van der Waals surface area contributed by atoms with Gasteiger partial charge in [-0.25, -0.2) is 0 Å². The zero-order valence-electron chi connectivity index (χ0n) is 8.17.